The predicted molar refractivity (Wildman–Crippen MR) is 114 cm³/mol. The van der Waals surface area contributed by atoms with Crippen molar-refractivity contribution < 1.29 is 19.0 Å². The number of aromatic hydroxyl groups is 1. The molecule has 0 radical (unpaired) electrons. The van der Waals surface area contributed by atoms with E-state index in [9.17, 15) is 9.50 Å². The Balaban J connectivity index is 1.68. The lowest BCUT2D eigenvalue weighted by atomic mass is 10.1. The molecule has 0 amide bonds. The molecule has 2 N–H and O–H groups in total. The average Bonchev–Trinajstić information content (AvgIpc) is 3.21. The van der Waals surface area contributed by atoms with Gasteiger partial charge in [-0.15, -0.1) is 11.3 Å². The first-order valence-electron chi connectivity index (χ1n) is 8.65. The monoisotopic (exact) mass is 413 g/mol. The molecule has 1 heterocycles. The Bertz CT molecular complexity index is 1060. The summed E-state index contributed by atoms with van der Waals surface area (Å²) >= 11 is 1.31. The summed E-state index contributed by atoms with van der Waals surface area (Å²) in [5.74, 6) is 0.856. The molecular weight excluding hydrogens is 393 g/mol. The quantitative estimate of drug-likeness (QED) is 0.413. The van der Waals surface area contributed by atoms with Crippen LogP contribution < -0.4 is 14.9 Å². The highest BCUT2D eigenvalue weighted by atomic mass is 32.1. The van der Waals surface area contributed by atoms with E-state index in [0.717, 1.165) is 11.3 Å². The molecule has 0 aliphatic heterocycles. The summed E-state index contributed by atoms with van der Waals surface area (Å²) in [6, 6.07) is 9.36. The van der Waals surface area contributed by atoms with Crippen molar-refractivity contribution in [3.63, 3.8) is 0 Å². The standard InChI is InChI=1S/C21H20FN3O3S/c1-13(4-5-14-6-9-19(27-2)20(10-14)28-3)24-25-21-23-17(12-29-21)16-11-15(22)7-8-18(16)26/h4-12,26H,1-3H3,(H,23,25)/b5-4+,24-13+. The van der Waals surface area contributed by atoms with E-state index in [-0.39, 0.29) is 5.75 Å². The fraction of sp³-hybridized carbons (Fsp3) is 0.143. The molecule has 0 saturated heterocycles. The van der Waals surface area contributed by atoms with Crippen molar-refractivity contribution in [2.45, 2.75) is 6.92 Å². The molecule has 0 bridgehead atoms. The third-order valence-electron chi connectivity index (χ3n) is 3.99. The van der Waals surface area contributed by atoms with Crippen LogP contribution in [0.25, 0.3) is 17.3 Å². The number of phenolic OH excluding ortho intramolecular Hbond substituents is 1. The van der Waals surface area contributed by atoms with E-state index >= 15 is 0 Å². The van der Waals surface area contributed by atoms with Gasteiger partial charge in [-0.3, -0.25) is 5.43 Å². The number of rotatable bonds is 7. The minimum atomic E-state index is -0.436. The van der Waals surface area contributed by atoms with Crippen LogP contribution in [0.2, 0.25) is 0 Å². The minimum Gasteiger partial charge on any atom is -0.507 e. The first kappa shape index (κ1) is 20.3. The number of thiazole rings is 1. The van der Waals surface area contributed by atoms with Crippen LogP contribution in [-0.2, 0) is 0 Å². The van der Waals surface area contributed by atoms with Gasteiger partial charge in [0, 0.05) is 10.9 Å². The number of hydrogen-bond acceptors (Lipinski definition) is 7. The van der Waals surface area contributed by atoms with Crippen LogP contribution in [0.1, 0.15) is 12.5 Å². The van der Waals surface area contributed by atoms with Gasteiger partial charge in [-0.05, 0) is 48.9 Å². The third kappa shape index (κ3) is 5.11. The van der Waals surface area contributed by atoms with E-state index in [0.29, 0.717) is 27.9 Å². The molecule has 0 saturated carbocycles. The smallest absolute Gasteiger partial charge is 0.203 e. The van der Waals surface area contributed by atoms with Crippen molar-refractivity contribution in [2.75, 3.05) is 19.6 Å². The Labute approximate surface area is 172 Å². The van der Waals surface area contributed by atoms with Gasteiger partial charge in [-0.1, -0.05) is 12.1 Å². The number of allylic oxidation sites excluding steroid dienone is 1. The van der Waals surface area contributed by atoms with Gasteiger partial charge in [-0.25, -0.2) is 9.37 Å². The lowest BCUT2D eigenvalue weighted by Crippen LogP contribution is -1.94. The van der Waals surface area contributed by atoms with Gasteiger partial charge in [0.2, 0.25) is 5.13 Å². The second-order valence-electron chi connectivity index (χ2n) is 6.01. The minimum absolute atomic E-state index is 0.0271. The maximum atomic E-state index is 13.4. The van der Waals surface area contributed by atoms with Crippen LogP contribution in [0, 0.1) is 5.82 Å². The molecule has 2 aromatic carbocycles. The first-order chi connectivity index (χ1) is 14.0. The van der Waals surface area contributed by atoms with Gasteiger partial charge >= 0.3 is 0 Å². The molecule has 0 spiro atoms. The molecule has 6 nitrogen and oxygen atoms in total. The van der Waals surface area contributed by atoms with Crippen LogP contribution in [-0.4, -0.2) is 30.0 Å². The van der Waals surface area contributed by atoms with E-state index in [2.05, 4.69) is 15.5 Å². The van der Waals surface area contributed by atoms with E-state index in [1.54, 1.807) is 19.6 Å². The number of hydrogen-bond donors (Lipinski definition) is 2. The molecule has 0 aliphatic carbocycles. The van der Waals surface area contributed by atoms with Crippen molar-refractivity contribution in [3.8, 4) is 28.5 Å². The number of hydrazone groups is 1. The second-order valence-corrected chi connectivity index (χ2v) is 6.87. The predicted octanol–water partition coefficient (Wildman–Crippen LogP) is 5.17. The number of phenols is 1. The number of anilines is 1. The highest BCUT2D eigenvalue weighted by Gasteiger charge is 2.10. The molecule has 29 heavy (non-hydrogen) atoms. The Morgan fingerprint density at radius 2 is 1.97 bits per heavy atom. The molecule has 0 atom stereocenters. The number of nitrogens with zero attached hydrogens (tertiary/aromatic N) is 2. The molecule has 3 aromatic rings. The highest BCUT2D eigenvalue weighted by molar-refractivity contribution is 7.14. The van der Waals surface area contributed by atoms with Crippen LogP contribution in [0.4, 0.5) is 9.52 Å². The lowest BCUT2D eigenvalue weighted by molar-refractivity contribution is 0.355. The summed E-state index contributed by atoms with van der Waals surface area (Å²) in [5.41, 5.74) is 5.35. The molecule has 0 unspecified atom stereocenters. The number of methoxy groups -OCH3 is 2. The topological polar surface area (TPSA) is 76.0 Å². The van der Waals surface area contributed by atoms with Gasteiger partial charge in [0.05, 0.1) is 25.6 Å². The van der Waals surface area contributed by atoms with Crippen molar-refractivity contribution in [2.24, 2.45) is 5.10 Å². The van der Waals surface area contributed by atoms with Crippen molar-refractivity contribution in [3.05, 3.63) is 59.2 Å². The normalized spacial score (nSPS) is 11.7. The zero-order valence-electron chi connectivity index (χ0n) is 16.1. The van der Waals surface area contributed by atoms with Crippen LogP contribution in [0.3, 0.4) is 0 Å². The van der Waals surface area contributed by atoms with Crippen molar-refractivity contribution >= 4 is 28.3 Å². The number of halogens is 1. The van der Waals surface area contributed by atoms with E-state index in [4.69, 9.17) is 9.47 Å². The summed E-state index contributed by atoms with van der Waals surface area (Å²) in [6.07, 6.45) is 3.75. The molecule has 1 aromatic heterocycles. The Morgan fingerprint density at radius 1 is 1.17 bits per heavy atom. The maximum Gasteiger partial charge on any atom is 0.203 e. The van der Waals surface area contributed by atoms with E-state index in [1.807, 2.05) is 37.3 Å². The van der Waals surface area contributed by atoms with Gasteiger partial charge in [-0.2, -0.15) is 5.10 Å². The molecule has 0 fully saturated rings. The Morgan fingerprint density at radius 3 is 2.72 bits per heavy atom. The summed E-state index contributed by atoms with van der Waals surface area (Å²) in [4.78, 5) is 4.33. The van der Waals surface area contributed by atoms with Crippen LogP contribution >= 0.6 is 11.3 Å². The Kier molecular flexibility index (Phi) is 6.46. The van der Waals surface area contributed by atoms with Crippen LogP contribution in [0.15, 0.2) is 53.0 Å². The van der Waals surface area contributed by atoms with E-state index < -0.39 is 5.82 Å². The summed E-state index contributed by atoms with van der Waals surface area (Å²) in [7, 11) is 3.18. The zero-order valence-corrected chi connectivity index (χ0v) is 17.0. The largest absolute Gasteiger partial charge is 0.507 e. The SMILES string of the molecule is COc1ccc(/C=C/C(C)=N/Nc2nc(-c3cc(F)ccc3O)cs2)cc1OC. The Hall–Kier alpha value is -3.39. The van der Waals surface area contributed by atoms with E-state index in [1.165, 1.54) is 29.5 Å². The molecule has 3 rings (SSSR count). The van der Waals surface area contributed by atoms with Crippen molar-refractivity contribution in [1.82, 2.24) is 4.98 Å². The number of aromatic nitrogens is 1. The fourth-order valence-corrected chi connectivity index (χ4v) is 3.16. The van der Waals surface area contributed by atoms with Gasteiger partial charge in [0.15, 0.2) is 11.5 Å². The summed E-state index contributed by atoms with van der Waals surface area (Å²) in [6.45, 7) is 1.84. The maximum absolute atomic E-state index is 13.4. The fourth-order valence-electron chi connectivity index (χ4n) is 2.51. The average molecular weight is 413 g/mol. The third-order valence-corrected chi connectivity index (χ3v) is 4.74. The summed E-state index contributed by atoms with van der Waals surface area (Å²) < 4.78 is 23.9. The van der Waals surface area contributed by atoms with Gasteiger partial charge in [0.1, 0.15) is 11.6 Å². The molecule has 150 valence electrons. The molecule has 8 heteroatoms. The number of nitrogens with one attached hydrogen (secondary N) is 1. The highest BCUT2D eigenvalue weighted by Crippen LogP contribution is 2.32. The first-order valence-corrected chi connectivity index (χ1v) is 9.53. The summed E-state index contributed by atoms with van der Waals surface area (Å²) in [5, 5.41) is 16.4. The van der Waals surface area contributed by atoms with Crippen LogP contribution in [0.5, 0.6) is 17.2 Å². The lowest BCUT2D eigenvalue weighted by Gasteiger charge is -2.07. The number of benzene rings is 2. The second kappa shape index (κ2) is 9.20. The van der Waals surface area contributed by atoms with Gasteiger partial charge in [0.25, 0.3) is 0 Å². The molecular formula is C21H20FN3O3S. The molecule has 0 aliphatic rings. The van der Waals surface area contributed by atoms with Gasteiger partial charge < -0.3 is 14.6 Å². The number of ether oxygens (including phenoxy) is 2. The van der Waals surface area contributed by atoms with Crippen molar-refractivity contribution in [1.29, 1.82) is 0 Å². The zero-order chi connectivity index (χ0) is 20.8.